The Morgan fingerprint density at radius 1 is 0.649 bits per heavy atom. The molecule has 0 aromatic rings. The summed E-state index contributed by atoms with van der Waals surface area (Å²) in [6.45, 7) is 2.23. The van der Waals surface area contributed by atoms with Gasteiger partial charge in [-0.05, 0) is 32.1 Å². The summed E-state index contributed by atoms with van der Waals surface area (Å²) in [5, 5.41) is 0. The minimum absolute atomic E-state index is 0.00841. The molecular weight excluding hydrogens is 496 g/mol. The summed E-state index contributed by atoms with van der Waals surface area (Å²) in [6, 6.07) is 0. The van der Waals surface area contributed by atoms with Crippen molar-refractivity contribution in [2.75, 3.05) is 33.0 Å². The molecule has 0 N–H and O–H groups in total. The van der Waals surface area contributed by atoms with Crippen molar-refractivity contribution in [3.05, 3.63) is 0 Å². The molecule has 13 nitrogen and oxygen atoms in total. The highest BCUT2D eigenvalue weighted by Gasteiger charge is 2.51. The quantitative estimate of drug-likeness (QED) is 0.0949. The average molecular weight is 531 g/mol. The van der Waals surface area contributed by atoms with E-state index >= 15 is 0 Å². The van der Waals surface area contributed by atoms with E-state index < -0.39 is 54.3 Å². The van der Waals surface area contributed by atoms with E-state index in [0.29, 0.717) is 32.1 Å². The Labute approximate surface area is 214 Å². The molecule has 0 aliphatic carbocycles. The predicted octanol–water partition coefficient (Wildman–Crippen LogP) is 0.577. The number of carbonyl (C=O) groups is 6. The van der Waals surface area contributed by atoms with Crippen LogP contribution in [0, 0.1) is 0 Å². The summed E-state index contributed by atoms with van der Waals surface area (Å²) in [5.74, 6) is -5.42. The zero-order chi connectivity index (χ0) is 27.0. The van der Waals surface area contributed by atoms with Crippen molar-refractivity contribution >= 4 is 36.1 Å². The van der Waals surface area contributed by atoms with Gasteiger partial charge in [0.05, 0.1) is 33.0 Å². The van der Waals surface area contributed by atoms with E-state index in [9.17, 15) is 28.8 Å². The first-order chi connectivity index (χ1) is 17.9. The van der Waals surface area contributed by atoms with Gasteiger partial charge in [0.25, 0.3) is 0 Å². The van der Waals surface area contributed by atoms with E-state index in [2.05, 4.69) is 6.92 Å². The molecule has 2 heterocycles. The molecule has 0 aromatic heterocycles. The van der Waals surface area contributed by atoms with Crippen LogP contribution in [0.4, 0.5) is 0 Å². The van der Waals surface area contributed by atoms with E-state index in [1.807, 2.05) is 0 Å². The average Bonchev–Trinajstić information content (AvgIpc) is 3.47. The van der Waals surface area contributed by atoms with Crippen LogP contribution < -0.4 is 0 Å². The van der Waals surface area contributed by atoms with Crippen molar-refractivity contribution in [1.29, 1.82) is 0 Å². The topological polar surface area (TPSA) is 167 Å². The van der Waals surface area contributed by atoms with Crippen LogP contribution >= 0.6 is 0 Å². The Hall–Kier alpha value is -3.06. The molecule has 208 valence electrons. The van der Waals surface area contributed by atoms with Gasteiger partial charge in [-0.15, -0.1) is 0 Å². The van der Waals surface area contributed by atoms with Crippen molar-refractivity contribution < 1.29 is 61.9 Å². The maximum atomic E-state index is 12.0. The molecule has 4 atom stereocenters. The van der Waals surface area contributed by atoms with Crippen molar-refractivity contribution in [3.63, 3.8) is 0 Å². The SMILES string of the molecule is CCCCCCOC(=O)C(=O)OCCCCCCOC(=O)C(=O)O[C@H]1COC2C1OC[C@@H]2OC(=O)C=O. The minimum atomic E-state index is -1.20. The molecule has 37 heavy (non-hydrogen) atoms. The van der Waals surface area contributed by atoms with Gasteiger partial charge in [0.2, 0.25) is 6.29 Å². The van der Waals surface area contributed by atoms with Crippen molar-refractivity contribution in [1.82, 2.24) is 0 Å². The zero-order valence-electron chi connectivity index (χ0n) is 20.9. The Morgan fingerprint density at radius 3 is 1.54 bits per heavy atom. The Balaban J connectivity index is 1.49. The summed E-state index contributed by atoms with van der Waals surface area (Å²) in [4.78, 5) is 68.5. The lowest BCUT2D eigenvalue weighted by atomic mass is 10.1. The maximum Gasteiger partial charge on any atom is 0.417 e. The van der Waals surface area contributed by atoms with Crippen LogP contribution in [0.1, 0.15) is 58.3 Å². The summed E-state index contributed by atoms with van der Waals surface area (Å²) >= 11 is 0. The van der Waals surface area contributed by atoms with Crippen LogP contribution in [-0.2, 0) is 61.9 Å². The first-order valence-corrected chi connectivity index (χ1v) is 12.5. The molecule has 2 saturated heterocycles. The van der Waals surface area contributed by atoms with Crippen LogP contribution in [0.5, 0.6) is 0 Å². The van der Waals surface area contributed by atoms with Crippen molar-refractivity contribution in [2.45, 2.75) is 82.7 Å². The van der Waals surface area contributed by atoms with Crippen molar-refractivity contribution in [2.24, 2.45) is 0 Å². The van der Waals surface area contributed by atoms with Gasteiger partial charge < -0.3 is 33.2 Å². The summed E-state index contributed by atoms with van der Waals surface area (Å²) < 4.78 is 35.5. The van der Waals surface area contributed by atoms with Crippen LogP contribution in [-0.4, -0.2) is 93.6 Å². The first-order valence-electron chi connectivity index (χ1n) is 12.5. The summed E-state index contributed by atoms with van der Waals surface area (Å²) in [5.41, 5.74) is 0. The monoisotopic (exact) mass is 530 g/mol. The van der Waals surface area contributed by atoms with Gasteiger partial charge >= 0.3 is 29.8 Å². The van der Waals surface area contributed by atoms with Gasteiger partial charge in [-0.3, -0.25) is 4.79 Å². The second kappa shape index (κ2) is 16.6. The Morgan fingerprint density at radius 2 is 1.08 bits per heavy atom. The summed E-state index contributed by atoms with van der Waals surface area (Å²) in [6.07, 6.45) is 2.91. The van der Waals surface area contributed by atoms with E-state index in [-0.39, 0.29) is 39.3 Å². The van der Waals surface area contributed by atoms with E-state index in [1.54, 1.807) is 0 Å². The molecule has 0 radical (unpaired) electrons. The number of carbonyl (C=O) groups excluding carboxylic acids is 6. The summed E-state index contributed by atoms with van der Waals surface area (Å²) in [7, 11) is 0. The fourth-order valence-corrected chi connectivity index (χ4v) is 3.75. The Bertz CT molecular complexity index is 796. The third-order valence-corrected chi connectivity index (χ3v) is 5.65. The maximum absolute atomic E-state index is 12.0. The van der Waals surface area contributed by atoms with Crippen LogP contribution in [0.2, 0.25) is 0 Å². The van der Waals surface area contributed by atoms with Gasteiger partial charge in [-0.1, -0.05) is 26.2 Å². The molecule has 0 spiro atoms. The van der Waals surface area contributed by atoms with E-state index in [0.717, 1.165) is 19.3 Å². The van der Waals surface area contributed by atoms with Crippen LogP contribution in [0.25, 0.3) is 0 Å². The lowest BCUT2D eigenvalue weighted by Gasteiger charge is -2.16. The van der Waals surface area contributed by atoms with Gasteiger partial charge in [-0.2, -0.15) is 0 Å². The highest BCUT2D eigenvalue weighted by Crippen LogP contribution is 2.30. The van der Waals surface area contributed by atoms with Crippen LogP contribution in [0.3, 0.4) is 0 Å². The van der Waals surface area contributed by atoms with Gasteiger partial charge in [0.15, 0.2) is 12.2 Å². The normalized spacial score (nSPS) is 22.0. The van der Waals surface area contributed by atoms with E-state index in [1.165, 1.54) is 0 Å². The molecule has 2 fully saturated rings. The molecule has 2 aliphatic rings. The number of unbranched alkanes of at least 4 members (excludes halogenated alkanes) is 6. The van der Waals surface area contributed by atoms with Crippen LogP contribution in [0.15, 0.2) is 0 Å². The largest absolute Gasteiger partial charge is 0.457 e. The minimum Gasteiger partial charge on any atom is -0.457 e. The second-order valence-corrected chi connectivity index (χ2v) is 8.52. The van der Waals surface area contributed by atoms with Gasteiger partial charge in [-0.25, -0.2) is 24.0 Å². The number of hydrogen-bond donors (Lipinski definition) is 0. The molecule has 2 unspecified atom stereocenters. The number of ether oxygens (including phenoxy) is 7. The molecular formula is C24H34O13. The first kappa shape index (κ1) is 30.2. The molecule has 13 heteroatoms. The highest BCUT2D eigenvalue weighted by atomic mass is 16.7. The zero-order valence-corrected chi connectivity index (χ0v) is 20.9. The fourth-order valence-electron chi connectivity index (χ4n) is 3.75. The number of rotatable bonds is 15. The van der Waals surface area contributed by atoms with Gasteiger partial charge in [0.1, 0.15) is 12.2 Å². The Kier molecular flexibility index (Phi) is 13.6. The molecule has 2 rings (SSSR count). The predicted molar refractivity (Wildman–Crippen MR) is 121 cm³/mol. The van der Waals surface area contributed by atoms with E-state index in [4.69, 9.17) is 33.2 Å². The number of fused-ring (bicyclic) bond motifs is 1. The number of esters is 5. The standard InChI is InChI=1S/C24H34O13/c1-2-3-4-7-10-31-21(27)22(28)32-11-8-5-6-9-12-33-23(29)24(30)37-17-15-35-19-16(14-34-20(17)19)36-18(26)13-25/h13,16-17,19-20H,2-12,14-15H2,1H3/t16-,17-,19?,20?/m0/s1. The smallest absolute Gasteiger partial charge is 0.417 e. The van der Waals surface area contributed by atoms with Crippen molar-refractivity contribution in [3.8, 4) is 0 Å². The molecule has 0 saturated carbocycles. The third-order valence-electron chi connectivity index (χ3n) is 5.65. The second-order valence-electron chi connectivity index (χ2n) is 8.52. The fraction of sp³-hybridized carbons (Fsp3) is 0.750. The lowest BCUT2D eigenvalue weighted by molar-refractivity contribution is -0.173. The molecule has 0 bridgehead atoms. The number of hydrogen-bond acceptors (Lipinski definition) is 13. The molecule has 2 aliphatic heterocycles. The third kappa shape index (κ3) is 10.4. The number of aldehydes is 1. The highest BCUT2D eigenvalue weighted by molar-refractivity contribution is 6.30. The lowest BCUT2D eigenvalue weighted by Crippen LogP contribution is -2.37. The van der Waals surface area contributed by atoms with Gasteiger partial charge in [0, 0.05) is 0 Å². The molecule has 0 amide bonds. The molecule has 0 aromatic carbocycles.